The number of likely N-dealkylation sites (tertiary alicyclic amines) is 1. The van der Waals surface area contributed by atoms with E-state index in [1.54, 1.807) is 12.1 Å². The van der Waals surface area contributed by atoms with E-state index in [1.807, 2.05) is 7.05 Å². The largest absolute Gasteiger partial charge is 0.573 e. The van der Waals surface area contributed by atoms with Crippen LogP contribution in [0.15, 0.2) is 47.5 Å². The molecule has 2 atom stereocenters. The number of nitrogens with zero attached hydrogens (tertiary/aromatic N) is 2. The van der Waals surface area contributed by atoms with Crippen LogP contribution in [0.25, 0.3) is 0 Å². The molecule has 2 aromatic rings. The summed E-state index contributed by atoms with van der Waals surface area (Å²) in [5.74, 6) is -0.528. The van der Waals surface area contributed by atoms with Crippen molar-refractivity contribution < 1.29 is 22.3 Å². The lowest BCUT2D eigenvalue weighted by Gasteiger charge is -2.25. The molecule has 0 bridgehead atoms. The van der Waals surface area contributed by atoms with Crippen molar-refractivity contribution in [2.45, 2.75) is 18.8 Å². The van der Waals surface area contributed by atoms with Crippen LogP contribution < -0.4 is 15.8 Å². The molecular weight excluding hydrogens is 551 g/mol. The first-order valence-corrected chi connectivity index (χ1v) is 9.58. The second-order valence-electron chi connectivity index (χ2n) is 7.07. The summed E-state index contributed by atoms with van der Waals surface area (Å²) in [6.07, 6.45) is -3.88. The van der Waals surface area contributed by atoms with E-state index in [0.29, 0.717) is 12.2 Å². The third-order valence-electron chi connectivity index (χ3n) is 4.92. The molecule has 1 heterocycles. The molecule has 2 unspecified atom stereocenters. The quantitative estimate of drug-likeness (QED) is 0.218. The molecule has 0 aromatic heterocycles. The zero-order valence-electron chi connectivity index (χ0n) is 16.5. The molecule has 1 aliphatic rings. The van der Waals surface area contributed by atoms with Gasteiger partial charge in [-0.15, -0.1) is 37.1 Å². The Balaban J connectivity index is 0.00000341. The summed E-state index contributed by atoms with van der Waals surface area (Å²) in [5, 5.41) is 2.92. The normalized spacial score (nSPS) is 19.7. The fourth-order valence-corrected chi connectivity index (χ4v) is 3.70. The van der Waals surface area contributed by atoms with Gasteiger partial charge < -0.3 is 15.8 Å². The molecule has 11 heteroatoms. The summed E-state index contributed by atoms with van der Waals surface area (Å²) in [7, 11) is 1.97. The van der Waals surface area contributed by atoms with Crippen LogP contribution in [0.3, 0.4) is 0 Å². The summed E-state index contributed by atoms with van der Waals surface area (Å²) < 4.78 is 54.4. The highest BCUT2D eigenvalue weighted by Crippen LogP contribution is 2.37. The van der Waals surface area contributed by atoms with Crippen molar-refractivity contribution >= 4 is 47.2 Å². The van der Waals surface area contributed by atoms with Gasteiger partial charge in [0.15, 0.2) is 5.96 Å². The number of alkyl halides is 3. The van der Waals surface area contributed by atoms with Crippen molar-refractivity contribution in [2.75, 3.05) is 25.5 Å². The summed E-state index contributed by atoms with van der Waals surface area (Å²) in [6.45, 7) is 1.25. The molecular formula is C20H22ClF4IN4O. The number of hydrogen-bond donors (Lipinski definition) is 2. The topological polar surface area (TPSA) is 62.9 Å². The highest BCUT2D eigenvalue weighted by Gasteiger charge is 2.33. The highest BCUT2D eigenvalue weighted by atomic mass is 127. The monoisotopic (exact) mass is 572 g/mol. The number of nitrogens with two attached hydrogens (primary N) is 1. The first kappa shape index (κ1) is 25.5. The van der Waals surface area contributed by atoms with E-state index in [2.05, 4.69) is 19.9 Å². The van der Waals surface area contributed by atoms with Crippen LogP contribution in [0.4, 0.5) is 23.2 Å². The molecule has 0 saturated carbocycles. The van der Waals surface area contributed by atoms with Gasteiger partial charge >= 0.3 is 6.36 Å². The number of hydrogen-bond acceptors (Lipinski definition) is 3. The summed E-state index contributed by atoms with van der Waals surface area (Å²) >= 11 is 5.78. The number of halogens is 6. The molecule has 3 rings (SSSR count). The lowest BCUT2D eigenvalue weighted by Crippen LogP contribution is -2.26. The highest BCUT2D eigenvalue weighted by molar-refractivity contribution is 14.0. The Bertz CT molecular complexity index is 911. The van der Waals surface area contributed by atoms with E-state index >= 15 is 0 Å². The lowest BCUT2D eigenvalue weighted by atomic mass is 9.94. The Labute approximate surface area is 199 Å². The maximum atomic E-state index is 13.9. The van der Waals surface area contributed by atoms with Gasteiger partial charge in [-0.05, 0) is 67.9 Å². The van der Waals surface area contributed by atoms with Crippen molar-refractivity contribution in [3.63, 3.8) is 0 Å². The van der Waals surface area contributed by atoms with E-state index in [0.717, 1.165) is 18.5 Å². The molecule has 170 valence electrons. The molecule has 1 aliphatic heterocycles. The van der Waals surface area contributed by atoms with Gasteiger partial charge in [0.1, 0.15) is 11.6 Å². The van der Waals surface area contributed by atoms with E-state index in [4.69, 9.17) is 17.3 Å². The predicted molar refractivity (Wildman–Crippen MR) is 124 cm³/mol. The molecule has 1 fully saturated rings. The number of aliphatic imine (C=N–C) groups is 1. The molecule has 31 heavy (non-hydrogen) atoms. The van der Waals surface area contributed by atoms with Gasteiger partial charge in [-0.1, -0.05) is 17.7 Å². The Morgan fingerprint density at radius 2 is 1.94 bits per heavy atom. The maximum Gasteiger partial charge on any atom is 0.573 e. The van der Waals surface area contributed by atoms with Gasteiger partial charge in [0.25, 0.3) is 0 Å². The summed E-state index contributed by atoms with van der Waals surface area (Å²) in [5.41, 5.74) is 7.22. The van der Waals surface area contributed by atoms with Crippen molar-refractivity contribution in [3.05, 3.63) is 58.9 Å². The molecule has 0 aliphatic carbocycles. The lowest BCUT2D eigenvalue weighted by molar-refractivity contribution is -0.274. The minimum Gasteiger partial charge on any atom is -0.406 e. The van der Waals surface area contributed by atoms with Crippen LogP contribution in [0.2, 0.25) is 5.02 Å². The summed E-state index contributed by atoms with van der Waals surface area (Å²) in [4.78, 5) is 6.49. The van der Waals surface area contributed by atoms with Crippen molar-refractivity contribution in [3.8, 4) is 5.75 Å². The van der Waals surface area contributed by atoms with E-state index in [9.17, 15) is 17.6 Å². The standard InChI is InChI=1S/C20H21ClF4N4O.HI/c1-29-9-8-13(18(29)12-2-7-16(21)17(22)10-12)11-27-19(26)28-14-3-5-15(6-4-14)30-20(23,24)25;/h2-7,10,13,18H,8-9,11H2,1H3,(H3,26,27,28);1H. The molecule has 0 amide bonds. The van der Waals surface area contributed by atoms with Crippen LogP contribution in [-0.4, -0.2) is 37.4 Å². The van der Waals surface area contributed by atoms with Crippen LogP contribution >= 0.6 is 35.6 Å². The van der Waals surface area contributed by atoms with Crippen LogP contribution in [-0.2, 0) is 0 Å². The van der Waals surface area contributed by atoms with Gasteiger partial charge in [-0.2, -0.15) is 0 Å². The van der Waals surface area contributed by atoms with Crippen molar-refractivity contribution in [2.24, 2.45) is 16.6 Å². The predicted octanol–water partition coefficient (Wildman–Crippen LogP) is 5.42. The average Bonchev–Trinajstić information content (AvgIpc) is 3.03. The molecule has 2 aromatic carbocycles. The third-order valence-corrected chi connectivity index (χ3v) is 5.22. The zero-order valence-corrected chi connectivity index (χ0v) is 19.6. The van der Waals surface area contributed by atoms with Gasteiger partial charge in [-0.3, -0.25) is 9.89 Å². The van der Waals surface area contributed by atoms with Crippen LogP contribution in [0.5, 0.6) is 5.75 Å². The van der Waals surface area contributed by atoms with Crippen molar-refractivity contribution in [1.29, 1.82) is 0 Å². The zero-order chi connectivity index (χ0) is 21.9. The second-order valence-corrected chi connectivity index (χ2v) is 7.48. The fourth-order valence-electron chi connectivity index (χ4n) is 3.58. The van der Waals surface area contributed by atoms with Gasteiger partial charge in [0.2, 0.25) is 0 Å². The minimum atomic E-state index is -4.74. The van der Waals surface area contributed by atoms with Crippen molar-refractivity contribution in [1.82, 2.24) is 4.90 Å². The van der Waals surface area contributed by atoms with E-state index in [1.165, 1.54) is 30.3 Å². The number of benzene rings is 2. The van der Waals surface area contributed by atoms with Crippen LogP contribution in [0, 0.1) is 11.7 Å². The fraction of sp³-hybridized carbons (Fsp3) is 0.350. The number of rotatable bonds is 5. The SMILES string of the molecule is CN1CCC(CN=C(N)Nc2ccc(OC(F)(F)F)cc2)C1c1ccc(Cl)c(F)c1.I. The first-order valence-electron chi connectivity index (χ1n) is 9.20. The van der Waals surface area contributed by atoms with Gasteiger partial charge in [-0.25, -0.2) is 4.39 Å². The number of ether oxygens (including phenoxy) is 1. The Morgan fingerprint density at radius 1 is 1.26 bits per heavy atom. The van der Waals surface area contributed by atoms with E-state index in [-0.39, 0.29) is 52.7 Å². The van der Waals surface area contributed by atoms with Gasteiger partial charge in [0, 0.05) is 18.3 Å². The molecule has 0 radical (unpaired) electrons. The Hall–Kier alpha value is -1.79. The number of anilines is 1. The molecule has 3 N–H and O–H groups in total. The Kier molecular flexibility index (Phi) is 8.78. The maximum absolute atomic E-state index is 13.9. The molecule has 5 nitrogen and oxygen atoms in total. The van der Waals surface area contributed by atoms with Crippen LogP contribution in [0.1, 0.15) is 18.0 Å². The van der Waals surface area contributed by atoms with Gasteiger partial charge in [0.05, 0.1) is 5.02 Å². The third kappa shape index (κ3) is 7.11. The molecule has 0 spiro atoms. The second kappa shape index (κ2) is 10.7. The smallest absolute Gasteiger partial charge is 0.406 e. The Morgan fingerprint density at radius 3 is 2.55 bits per heavy atom. The minimum absolute atomic E-state index is 0. The summed E-state index contributed by atoms with van der Waals surface area (Å²) in [6, 6.07) is 9.95. The van der Waals surface area contributed by atoms with E-state index < -0.39 is 12.2 Å². The first-order chi connectivity index (χ1) is 14.1. The number of nitrogens with one attached hydrogen (secondary N) is 1. The molecule has 1 saturated heterocycles. The number of guanidine groups is 1. The average molecular weight is 573 g/mol.